The molecule has 4 heterocycles. The molecule has 9 nitrogen and oxygen atoms in total. The molecule has 2 fully saturated rings. The Kier molecular flexibility index (Phi) is 6.07. The number of hydrogen-bond acceptors (Lipinski definition) is 7. The Morgan fingerprint density at radius 3 is 2.80 bits per heavy atom. The third kappa shape index (κ3) is 4.79. The lowest BCUT2D eigenvalue weighted by Crippen LogP contribution is -2.42. The summed E-state index contributed by atoms with van der Waals surface area (Å²) in [7, 11) is 0. The number of carbonyl (C=O) groups is 1. The second-order valence-corrected chi connectivity index (χ2v) is 9.29. The minimum atomic E-state index is -4.45. The number of alkyl halides is 3. The Balaban J connectivity index is 1.12. The zero-order chi connectivity index (χ0) is 24.7. The van der Waals surface area contributed by atoms with Gasteiger partial charge < -0.3 is 20.1 Å². The van der Waals surface area contributed by atoms with Gasteiger partial charge in [-0.05, 0) is 44.9 Å². The fourth-order valence-electron chi connectivity index (χ4n) is 5.18. The molecule has 12 heteroatoms. The van der Waals surface area contributed by atoms with Crippen LogP contribution in [0.1, 0.15) is 29.9 Å². The van der Waals surface area contributed by atoms with Crippen molar-refractivity contribution < 1.29 is 22.5 Å². The number of anilines is 2. The first kappa shape index (κ1) is 23.5. The Morgan fingerprint density at radius 1 is 1.23 bits per heavy atom. The highest BCUT2D eigenvalue weighted by Crippen LogP contribution is 2.33. The molecule has 2 aliphatic heterocycles. The van der Waals surface area contributed by atoms with Gasteiger partial charge in [0, 0.05) is 43.6 Å². The van der Waals surface area contributed by atoms with Crippen LogP contribution >= 0.6 is 0 Å². The summed E-state index contributed by atoms with van der Waals surface area (Å²) >= 11 is 0. The quantitative estimate of drug-likeness (QED) is 0.487. The van der Waals surface area contributed by atoms with Gasteiger partial charge in [-0.25, -0.2) is 0 Å². The maximum Gasteiger partial charge on any atom is 0.416 e. The van der Waals surface area contributed by atoms with Crippen molar-refractivity contribution in [1.29, 1.82) is 0 Å². The SMILES string of the molecule is Cc1noc(C)c1N1CCC(N2CCC(NC(=O)CNc3n[nH]c4ccc(C(F)(F)F)cc34)C2)C1. The number of aromatic nitrogens is 3. The summed E-state index contributed by atoms with van der Waals surface area (Å²) < 4.78 is 44.4. The van der Waals surface area contributed by atoms with E-state index in [2.05, 4.69) is 35.8 Å². The van der Waals surface area contributed by atoms with Gasteiger partial charge in [0.2, 0.25) is 5.91 Å². The van der Waals surface area contributed by atoms with Gasteiger partial charge in [0.1, 0.15) is 11.4 Å². The number of likely N-dealkylation sites (tertiary alicyclic amines) is 1. The number of aromatic amines is 1. The zero-order valence-corrected chi connectivity index (χ0v) is 19.6. The molecular weight excluding hydrogens is 463 g/mol. The zero-order valence-electron chi connectivity index (χ0n) is 19.6. The van der Waals surface area contributed by atoms with E-state index in [4.69, 9.17) is 4.52 Å². The molecule has 1 amide bonds. The van der Waals surface area contributed by atoms with Crippen molar-refractivity contribution in [3.05, 3.63) is 35.2 Å². The third-order valence-corrected chi connectivity index (χ3v) is 6.88. The van der Waals surface area contributed by atoms with Crippen molar-refractivity contribution in [1.82, 2.24) is 25.6 Å². The van der Waals surface area contributed by atoms with Gasteiger partial charge in [-0.2, -0.15) is 18.3 Å². The van der Waals surface area contributed by atoms with Crippen molar-refractivity contribution in [3.63, 3.8) is 0 Å². The van der Waals surface area contributed by atoms with Crippen molar-refractivity contribution >= 4 is 28.3 Å². The van der Waals surface area contributed by atoms with Crippen molar-refractivity contribution in [3.8, 4) is 0 Å². The number of hydrogen-bond donors (Lipinski definition) is 3. The highest BCUT2D eigenvalue weighted by molar-refractivity contribution is 5.92. The lowest BCUT2D eigenvalue weighted by atomic mass is 10.1. The first-order valence-corrected chi connectivity index (χ1v) is 11.7. The van der Waals surface area contributed by atoms with Crippen LogP contribution in [0.15, 0.2) is 22.7 Å². The summed E-state index contributed by atoms with van der Waals surface area (Å²) in [6.45, 7) is 7.33. The number of aryl methyl sites for hydroxylation is 2. The molecule has 0 saturated carbocycles. The minimum Gasteiger partial charge on any atom is -0.366 e. The number of carbonyl (C=O) groups excluding carboxylic acids is 1. The number of nitrogens with one attached hydrogen (secondary N) is 3. The molecule has 2 atom stereocenters. The Bertz CT molecular complexity index is 1200. The number of H-pyrrole nitrogens is 1. The molecule has 2 unspecified atom stereocenters. The molecule has 0 radical (unpaired) electrons. The normalized spacial score (nSPS) is 21.2. The Labute approximate surface area is 200 Å². The van der Waals surface area contributed by atoms with Gasteiger partial charge in [0.05, 0.1) is 17.6 Å². The number of halogens is 3. The number of nitrogens with zero attached hydrogens (tertiary/aromatic N) is 4. The van der Waals surface area contributed by atoms with Gasteiger partial charge in [0.15, 0.2) is 11.6 Å². The topological polar surface area (TPSA) is 102 Å². The van der Waals surface area contributed by atoms with Crippen LogP contribution in [0.5, 0.6) is 0 Å². The Hall–Kier alpha value is -3.28. The van der Waals surface area contributed by atoms with E-state index in [1.54, 1.807) is 0 Å². The molecule has 0 aliphatic carbocycles. The van der Waals surface area contributed by atoms with E-state index < -0.39 is 11.7 Å². The number of amides is 1. The van der Waals surface area contributed by atoms with E-state index in [-0.39, 0.29) is 24.3 Å². The van der Waals surface area contributed by atoms with Crippen LogP contribution in [0.4, 0.5) is 24.7 Å². The predicted molar refractivity (Wildman–Crippen MR) is 124 cm³/mol. The van der Waals surface area contributed by atoms with E-state index in [9.17, 15) is 18.0 Å². The molecule has 35 heavy (non-hydrogen) atoms. The number of rotatable bonds is 6. The average molecular weight is 492 g/mol. The van der Waals surface area contributed by atoms with Crippen molar-refractivity contribution in [2.45, 2.75) is 44.9 Å². The monoisotopic (exact) mass is 491 g/mol. The first-order valence-electron chi connectivity index (χ1n) is 11.7. The number of fused-ring (bicyclic) bond motifs is 1. The fourth-order valence-corrected chi connectivity index (χ4v) is 5.18. The summed E-state index contributed by atoms with van der Waals surface area (Å²) in [5.41, 5.74) is 1.69. The average Bonchev–Trinajstić information content (AvgIpc) is 3.59. The molecule has 0 bridgehead atoms. The molecule has 1 aromatic carbocycles. The van der Waals surface area contributed by atoms with Crippen LogP contribution in [0.3, 0.4) is 0 Å². The van der Waals surface area contributed by atoms with E-state index in [0.29, 0.717) is 16.9 Å². The number of benzene rings is 1. The molecule has 3 aromatic rings. The van der Waals surface area contributed by atoms with Crippen LogP contribution in [0.25, 0.3) is 10.9 Å². The second kappa shape index (κ2) is 9.06. The molecule has 3 N–H and O–H groups in total. The highest BCUT2D eigenvalue weighted by Gasteiger charge is 2.35. The molecule has 2 aromatic heterocycles. The summed E-state index contributed by atoms with van der Waals surface area (Å²) in [6, 6.07) is 3.80. The molecule has 188 valence electrons. The van der Waals surface area contributed by atoms with E-state index in [1.165, 1.54) is 6.07 Å². The van der Waals surface area contributed by atoms with Crippen LogP contribution in [0, 0.1) is 13.8 Å². The molecular formula is C23H28F3N7O2. The van der Waals surface area contributed by atoms with Gasteiger partial charge in [-0.1, -0.05) is 5.16 Å². The van der Waals surface area contributed by atoms with Crippen LogP contribution in [-0.4, -0.2) is 71.0 Å². The second-order valence-electron chi connectivity index (χ2n) is 9.29. The molecule has 2 aliphatic rings. The summed E-state index contributed by atoms with van der Waals surface area (Å²) in [5.74, 6) is 0.838. The standard InChI is InChI=1S/C23H28F3N7O2/c1-13-21(14(2)35-31-13)33-8-6-17(12-33)32-7-5-16(11-32)28-20(34)10-27-22-18-9-15(23(24,25)26)3-4-19(18)29-30-22/h3-4,9,16-17H,5-8,10-12H2,1-2H3,(H,28,34)(H2,27,29,30). The molecule has 2 saturated heterocycles. The van der Waals surface area contributed by atoms with Crippen LogP contribution < -0.4 is 15.5 Å². The minimum absolute atomic E-state index is 0.0326. The summed E-state index contributed by atoms with van der Waals surface area (Å²) in [5, 5.41) is 17.0. The summed E-state index contributed by atoms with van der Waals surface area (Å²) in [4.78, 5) is 17.3. The largest absolute Gasteiger partial charge is 0.416 e. The fraction of sp³-hybridized carbons (Fsp3) is 0.522. The highest BCUT2D eigenvalue weighted by atomic mass is 19.4. The maximum absolute atomic E-state index is 13.0. The van der Waals surface area contributed by atoms with Crippen LogP contribution in [-0.2, 0) is 11.0 Å². The predicted octanol–water partition coefficient (Wildman–Crippen LogP) is 3.07. The van der Waals surface area contributed by atoms with Gasteiger partial charge >= 0.3 is 6.18 Å². The van der Waals surface area contributed by atoms with E-state index in [1.807, 2.05) is 13.8 Å². The smallest absolute Gasteiger partial charge is 0.366 e. The Morgan fingerprint density at radius 2 is 2.06 bits per heavy atom. The van der Waals surface area contributed by atoms with E-state index in [0.717, 1.165) is 68.3 Å². The molecule has 0 spiro atoms. The van der Waals surface area contributed by atoms with E-state index >= 15 is 0 Å². The lowest BCUT2D eigenvalue weighted by molar-refractivity contribution is -0.137. The summed E-state index contributed by atoms with van der Waals surface area (Å²) in [6.07, 6.45) is -2.55. The molecule has 5 rings (SSSR count). The van der Waals surface area contributed by atoms with Crippen LogP contribution in [0.2, 0.25) is 0 Å². The third-order valence-electron chi connectivity index (χ3n) is 6.88. The van der Waals surface area contributed by atoms with Gasteiger partial charge in [-0.3, -0.25) is 14.8 Å². The van der Waals surface area contributed by atoms with Crippen molar-refractivity contribution in [2.24, 2.45) is 0 Å². The first-order chi connectivity index (χ1) is 16.7. The van der Waals surface area contributed by atoms with Gasteiger partial charge in [0.25, 0.3) is 0 Å². The lowest BCUT2D eigenvalue weighted by Gasteiger charge is -2.25. The van der Waals surface area contributed by atoms with Crippen molar-refractivity contribution in [2.75, 3.05) is 42.9 Å². The van der Waals surface area contributed by atoms with Gasteiger partial charge in [-0.15, -0.1) is 0 Å². The maximum atomic E-state index is 13.0.